The third-order valence-corrected chi connectivity index (χ3v) is 5.26. The van der Waals surface area contributed by atoms with Gasteiger partial charge in [0.15, 0.2) is 0 Å². The van der Waals surface area contributed by atoms with Crippen molar-refractivity contribution >= 4 is 11.9 Å². The predicted molar refractivity (Wildman–Crippen MR) is 89.1 cm³/mol. The molecular weight excluding hydrogens is 320 g/mol. The first-order valence-electron chi connectivity index (χ1n) is 8.54. The summed E-state index contributed by atoms with van der Waals surface area (Å²) in [4.78, 5) is 28.3. The van der Waals surface area contributed by atoms with Gasteiger partial charge in [0.2, 0.25) is 0 Å². The lowest BCUT2D eigenvalue weighted by Crippen LogP contribution is -2.47. The van der Waals surface area contributed by atoms with Crippen LogP contribution in [0.1, 0.15) is 52.4 Å². The molecule has 1 amide bonds. The van der Waals surface area contributed by atoms with Gasteiger partial charge in [-0.2, -0.15) is 15.0 Å². The molecule has 2 fully saturated rings. The van der Waals surface area contributed by atoms with Gasteiger partial charge < -0.3 is 9.64 Å². The smallest absolute Gasteiger partial charge is 0.337 e. The van der Waals surface area contributed by atoms with E-state index in [9.17, 15) is 9.59 Å². The summed E-state index contributed by atoms with van der Waals surface area (Å²) >= 11 is 0. The van der Waals surface area contributed by atoms with E-state index in [4.69, 9.17) is 4.74 Å². The molecule has 0 aliphatic carbocycles. The number of carbonyl (C=O) groups excluding carboxylic acids is 2. The van der Waals surface area contributed by atoms with Gasteiger partial charge >= 0.3 is 5.97 Å². The number of rotatable bonds is 3. The van der Waals surface area contributed by atoms with E-state index in [1.54, 1.807) is 41.5 Å². The largest absolute Gasteiger partial charge is 0.465 e. The third-order valence-electron chi connectivity index (χ3n) is 5.26. The minimum Gasteiger partial charge on any atom is -0.465 e. The maximum absolute atomic E-state index is 13.0. The lowest BCUT2D eigenvalue weighted by Gasteiger charge is -2.38. The van der Waals surface area contributed by atoms with Crippen LogP contribution in [0.4, 0.5) is 0 Å². The molecule has 2 saturated heterocycles. The van der Waals surface area contributed by atoms with Gasteiger partial charge in [-0.1, -0.05) is 0 Å². The van der Waals surface area contributed by atoms with Crippen LogP contribution in [0.15, 0.2) is 36.7 Å². The number of esters is 1. The van der Waals surface area contributed by atoms with Crippen molar-refractivity contribution in [2.24, 2.45) is 0 Å². The van der Waals surface area contributed by atoms with E-state index in [0.29, 0.717) is 11.1 Å². The highest BCUT2D eigenvalue weighted by atomic mass is 16.5. The summed E-state index contributed by atoms with van der Waals surface area (Å²) in [5.74, 6) is -0.359. The van der Waals surface area contributed by atoms with Crippen LogP contribution in [0.5, 0.6) is 0 Å². The monoisotopic (exact) mass is 340 g/mol. The van der Waals surface area contributed by atoms with E-state index >= 15 is 0 Å². The Kier molecular flexibility index (Phi) is 3.99. The maximum atomic E-state index is 13.0. The third kappa shape index (κ3) is 2.79. The number of hydrogen-bond donors (Lipinski definition) is 0. The van der Waals surface area contributed by atoms with E-state index in [-0.39, 0.29) is 24.0 Å². The quantitative estimate of drug-likeness (QED) is 0.800. The summed E-state index contributed by atoms with van der Waals surface area (Å²) in [5.41, 5.74) is 1.06. The number of piperidine rings is 1. The summed E-state index contributed by atoms with van der Waals surface area (Å²) in [6.07, 6.45) is 7.21. The first-order chi connectivity index (χ1) is 12.2. The number of nitrogens with zero attached hydrogens (tertiary/aromatic N) is 4. The number of benzene rings is 1. The van der Waals surface area contributed by atoms with Crippen LogP contribution in [0, 0.1) is 0 Å². The lowest BCUT2D eigenvalue weighted by molar-refractivity contribution is 0.0510. The molecule has 7 heteroatoms. The molecule has 0 radical (unpaired) electrons. The van der Waals surface area contributed by atoms with Crippen molar-refractivity contribution < 1.29 is 14.3 Å². The Balaban J connectivity index is 1.51. The van der Waals surface area contributed by atoms with E-state index in [0.717, 1.165) is 25.7 Å². The molecule has 4 rings (SSSR count). The highest BCUT2D eigenvalue weighted by molar-refractivity contribution is 5.96. The Labute approximate surface area is 145 Å². The van der Waals surface area contributed by atoms with Crippen LogP contribution in [0.3, 0.4) is 0 Å². The minimum atomic E-state index is -0.397. The number of methoxy groups -OCH3 is 1. The van der Waals surface area contributed by atoms with Crippen LogP contribution in [-0.2, 0) is 4.74 Å². The van der Waals surface area contributed by atoms with Crippen LogP contribution in [0.25, 0.3) is 0 Å². The van der Waals surface area contributed by atoms with Gasteiger partial charge in [0.25, 0.3) is 5.91 Å². The van der Waals surface area contributed by atoms with Crippen molar-refractivity contribution in [3.8, 4) is 0 Å². The predicted octanol–water partition coefficient (Wildman–Crippen LogP) is 2.07. The molecule has 0 N–H and O–H groups in total. The molecule has 2 bridgehead atoms. The molecule has 130 valence electrons. The zero-order chi connectivity index (χ0) is 17.4. The van der Waals surface area contributed by atoms with Crippen molar-refractivity contribution in [3.63, 3.8) is 0 Å². The van der Waals surface area contributed by atoms with Crippen molar-refractivity contribution in [2.45, 2.75) is 43.8 Å². The number of amides is 1. The molecule has 3 heterocycles. The van der Waals surface area contributed by atoms with Crippen molar-refractivity contribution in [1.29, 1.82) is 0 Å². The highest BCUT2D eigenvalue weighted by Crippen LogP contribution is 2.41. The van der Waals surface area contributed by atoms with E-state index in [1.165, 1.54) is 7.11 Å². The zero-order valence-electron chi connectivity index (χ0n) is 14.0. The first kappa shape index (κ1) is 15.8. The number of carbonyl (C=O) groups is 2. The van der Waals surface area contributed by atoms with Gasteiger partial charge in [0.1, 0.15) is 0 Å². The fourth-order valence-corrected chi connectivity index (χ4v) is 4.10. The summed E-state index contributed by atoms with van der Waals surface area (Å²) < 4.78 is 4.70. The fraction of sp³-hybridized carbons (Fsp3) is 0.444. The molecular formula is C18H20N4O3. The molecule has 0 saturated carbocycles. The summed E-state index contributed by atoms with van der Waals surface area (Å²) in [7, 11) is 1.34. The Morgan fingerprint density at radius 2 is 1.52 bits per heavy atom. The van der Waals surface area contributed by atoms with Gasteiger partial charge in [0, 0.05) is 17.6 Å². The summed E-state index contributed by atoms with van der Waals surface area (Å²) in [6, 6.07) is 7.40. The molecule has 25 heavy (non-hydrogen) atoms. The lowest BCUT2D eigenvalue weighted by atomic mass is 9.96. The highest BCUT2D eigenvalue weighted by Gasteiger charge is 2.44. The molecule has 2 aromatic rings. The second kappa shape index (κ2) is 6.31. The summed E-state index contributed by atoms with van der Waals surface area (Å²) in [6.45, 7) is 0. The van der Waals surface area contributed by atoms with E-state index in [1.807, 2.05) is 4.90 Å². The van der Waals surface area contributed by atoms with Crippen molar-refractivity contribution in [1.82, 2.24) is 19.9 Å². The minimum absolute atomic E-state index is 0.0378. The molecule has 2 aliphatic rings. The molecule has 0 spiro atoms. The Morgan fingerprint density at radius 1 is 0.960 bits per heavy atom. The summed E-state index contributed by atoms with van der Waals surface area (Å²) in [5, 5.41) is 8.51. The zero-order valence-corrected chi connectivity index (χ0v) is 14.0. The molecule has 1 aromatic heterocycles. The Hall–Kier alpha value is -2.70. The topological polar surface area (TPSA) is 77.3 Å². The molecule has 1 aromatic carbocycles. The Morgan fingerprint density at radius 3 is 2.08 bits per heavy atom. The number of hydrogen-bond acceptors (Lipinski definition) is 5. The maximum Gasteiger partial charge on any atom is 0.337 e. The number of aromatic nitrogens is 3. The first-order valence-corrected chi connectivity index (χ1v) is 8.54. The van der Waals surface area contributed by atoms with Gasteiger partial charge in [-0.3, -0.25) is 4.79 Å². The van der Waals surface area contributed by atoms with E-state index in [2.05, 4.69) is 10.2 Å². The van der Waals surface area contributed by atoms with Gasteiger partial charge in [0.05, 0.1) is 31.1 Å². The average molecular weight is 340 g/mol. The SMILES string of the molecule is COC(=O)c1ccc(C(=O)N2C3CCC2CC(n2nccn2)C3)cc1. The number of fused-ring (bicyclic) bond motifs is 2. The van der Waals surface area contributed by atoms with Crippen LogP contribution in [0.2, 0.25) is 0 Å². The van der Waals surface area contributed by atoms with Crippen molar-refractivity contribution in [2.75, 3.05) is 7.11 Å². The molecule has 2 unspecified atom stereocenters. The van der Waals surface area contributed by atoms with Crippen molar-refractivity contribution in [3.05, 3.63) is 47.8 Å². The second-order valence-corrected chi connectivity index (χ2v) is 6.64. The van der Waals surface area contributed by atoms with Crippen LogP contribution in [-0.4, -0.2) is 51.0 Å². The second-order valence-electron chi connectivity index (χ2n) is 6.64. The normalized spacial score (nSPS) is 25.0. The standard InChI is InChI=1S/C18H20N4O3/c1-25-18(24)13-4-2-12(3-5-13)17(23)21-14-6-7-15(21)11-16(10-14)22-19-8-9-20-22/h2-5,8-9,14-16H,6-7,10-11H2,1H3. The molecule has 7 nitrogen and oxygen atoms in total. The molecule has 2 atom stereocenters. The van der Waals surface area contributed by atoms with Gasteiger partial charge in [-0.15, -0.1) is 0 Å². The van der Waals surface area contributed by atoms with Gasteiger partial charge in [-0.25, -0.2) is 4.79 Å². The van der Waals surface area contributed by atoms with Crippen LogP contribution < -0.4 is 0 Å². The molecule has 2 aliphatic heterocycles. The van der Waals surface area contributed by atoms with Crippen LogP contribution >= 0.6 is 0 Å². The number of ether oxygens (including phenoxy) is 1. The average Bonchev–Trinajstić information content (AvgIpc) is 3.27. The fourth-order valence-electron chi connectivity index (χ4n) is 4.10. The van der Waals surface area contributed by atoms with Gasteiger partial charge in [-0.05, 0) is 49.9 Å². The Bertz CT molecular complexity index is 758. The van der Waals surface area contributed by atoms with E-state index < -0.39 is 5.97 Å².